The Labute approximate surface area is 111 Å². The van der Waals surface area contributed by atoms with Crippen molar-refractivity contribution in [2.45, 2.75) is 0 Å². The van der Waals surface area contributed by atoms with Gasteiger partial charge in [0, 0.05) is 19.8 Å². The van der Waals surface area contributed by atoms with E-state index in [9.17, 15) is 4.79 Å². The van der Waals surface area contributed by atoms with Crippen LogP contribution in [0.1, 0.15) is 5.56 Å². The zero-order valence-electron chi connectivity index (χ0n) is 11.0. The third kappa shape index (κ3) is 3.11. The van der Waals surface area contributed by atoms with E-state index in [4.69, 9.17) is 10.5 Å². The van der Waals surface area contributed by atoms with Crippen LogP contribution in [0.2, 0.25) is 0 Å². The highest BCUT2D eigenvalue weighted by Gasteiger charge is 2.17. The van der Waals surface area contributed by atoms with Gasteiger partial charge in [-0.15, -0.1) is 0 Å². The molecule has 0 spiro atoms. The molecule has 0 aliphatic rings. The molecule has 1 aromatic carbocycles. The number of hydrogen-bond acceptors (Lipinski definition) is 5. The fourth-order valence-corrected chi connectivity index (χ4v) is 1.50. The van der Waals surface area contributed by atoms with Gasteiger partial charge in [-0.2, -0.15) is 10.5 Å². The molecule has 0 saturated carbocycles. The third-order valence-corrected chi connectivity index (χ3v) is 2.54. The monoisotopic (exact) mass is 255 g/mol. The van der Waals surface area contributed by atoms with Crippen molar-refractivity contribution >= 4 is 17.2 Å². The van der Waals surface area contributed by atoms with Crippen LogP contribution in [-0.4, -0.2) is 27.2 Å². The smallest absolute Gasteiger partial charge is 0.350 e. The number of esters is 1. The van der Waals surface area contributed by atoms with Crippen LogP contribution in [0.25, 0.3) is 5.57 Å². The Bertz CT molecular complexity index is 587. The number of methoxy groups -OCH3 is 1. The lowest BCUT2D eigenvalue weighted by Gasteiger charge is -2.12. The van der Waals surface area contributed by atoms with Gasteiger partial charge in [-0.1, -0.05) is 12.1 Å². The van der Waals surface area contributed by atoms with Gasteiger partial charge in [0.05, 0.1) is 12.7 Å². The number of carbonyl (C=O) groups excluding carboxylic acids is 1. The summed E-state index contributed by atoms with van der Waals surface area (Å²) in [5.41, 5.74) is 1.19. The number of carbonyl (C=O) groups is 1. The SMILES string of the molecule is COC(=O)/C(C#N)=C(/C#N)c1ccc(N(C)C)cc1. The van der Waals surface area contributed by atoms with Crippen LogP contribution in [0.15, 0.2) is 29.8 Å². The maximum absolute atomic E-state index is 11.4. The van der Waals surface area contributed by atoms with E-state index >= 15 is 0 Å². The quantitative estimate of drug-likeness (QED) is 0.467. The Morgan fingerprint density at radius 1 is 1.16 bits per heavy atom. The number of benzene rings is 1. The molecule has 0 bridgehead atoms. The van der Waals surface area contributed by atoms with Gasteiger partial charge in [0.2, 0.25) is 0 Å². The van der Waals surface area contributed by atoms with Crippen molar-refractivity contribution in [3.63, 3.8) is 0 Å². The Morgan fingerprint density at radius 2 is 1.74 bits per heavy atom. The summed E-state index contributed by atoms with van der Waals surface area (Å²) in [5.74, 6) is -0.810. The molecule has 0 aromatic heterocycles. The van der Waals surface area contributed by atoms with Gasteiger partial charge in [0.25, 0.3) is 0 Å². The molecule has 0 unspecified atom stereocenters. The van der Waals surface area contributed by atoms with E-state index in [1.165, 1.54) is 7.11 Å². The van der Waals surface area contributed by atoms with Gasteiger partial charge in [0.1, 0.15) is 12.1 Å². The number of anilines is 1. The van der Waals surface area contributed by atoms with E-state index in [0.717, 1.165) is 5.69 Å². The lowest BCUT2D eigenvalue weighted by Crippen LogP contribution is -2.08. The molecule has 1 rings (SSSR count). The third-order valence-electron chi connectivity index (χ3n) is 2.54. The van der Waals surface area contributed by atoms with Crippen molar-refractivity contribution in [1.29, 1.82) is 10.5 Å². The molecule has 0 aliphatic heterocycles. The van der Waals surface area contributed by atoms with Crippen molar-refractivity contribution in [3.8, 4) is 12.1 Å². The van der Waals surface area contributed by atoms with E-state index in [-0.39, 0.29) is 11.1 Å². The van der Waals surface area contributed by atoms with Crippen molar-refractivity contribution < 1.29 is 9.53 Å². The van der Waals surface area contributed by atoms with Gasteiger partial charge in [-0.05, 0) is 17.7 Å². The maximum Gasteiger partial charge on any atom is 0.350 e. The molecule has 0 N–H and O–H groups in total. The number of ether oxygens (including phenoxy) is 1. The molecule has 0 fully saturated rings. The zero-order chi connectivity index (χ0) is 14.4. The molecule has 5 nitrogen and oxygen atoms in total. The molecule has 96 valence electrons. The highest BCUT2D eigenvalue weighted by Crippen LogP contribution is 2.21. The second kappa shape index (κ2) is 6.23. The van der Waals surface area contributed by atoms with Crippen LogP contribution < -0.4 is 4.90 Å². The van der Waals surface area contributed by atoms with E-state index in [1.54, 1.807) is 30.3 Å². The number of allylic oxidation sites excluding steroid dienone is 1. The molecular weight excluding hydrogens is 242 g/mol. The average Bonchev–Trinajstić information content (AvgIpc) is 2.44. The van der Waals surface area contributed by atoms with E-state index in [2.05, 4.69) is 4.74 Å². The molecule has 0 saturated heterocycles. The molecular formula is C14H13N3O2. The summed E-state index contributed by atoms with van der Waals surface area (Å²) in [7, 11) is 4.96. The van der Waals surface area contributed by atoms with E-state index in [1.807, 2.05) is 25.1 Å². The van der Waals surface area contributed by atoms with E-state index in [0.29, 0.717) is 5.56 Å². The summed E-state index contributed by atoms with van der Waals surface area (Å²) in [6, 6.07) is 10.6. The number of nitriles is 2. The Morgan fingerprint density at radius 3 is 2.11 bits per heavy atom. The van der Waals surface area contributed by atoms with Crippen LogP contribution in [0.5, 0.6) is 0 Å². The van der Waals surface area contributed by atoms with Crippen molar-refractivity contribution in [3.05, 3.63) is 35.4 Å². The Kier molecular flexibility index (Phi) is 4.68. The summed E-state index contributed by atoms with van der Waals surface area (Å²) in [6.07, 6.45) is 0. The van der Waals surface area contributed by atoms with Crippen LogP contribution >= 0.6 is 0 Å². The minimum Gasteiger partial charge on any atom is -0.465 e. The minimum absolute atomic E-state index is 0.0136. The first-order chi connectivity index (χ1) is 9.04. The summed E-state index contributed by atoms with van der Waals surface area (Å²) < 4.78 is 4.49. The van der Waals surface area contributed by atoms with Gasteiger partial charge in [-0.3, -0.25) is 0 Å². The van der Waals surface area contributed by atoms with Gasteiger partial charge < -0.3 is 9.64 Å². The molecule has 19 heavy (non-hydrogen) atoms. The van der Waals surface area contributed by atoms with Crippen molar-refractivity contribution in [1.82, 2.24) is 0 Å². The van der Waals surface area contributed by atoms with Gasteiger partial charge in [-0.25, -0.2) is 4.79 Å². The van der Waals surface area contributed by atoms with Gasteiger partial charge in [0.15, 0.2) is 5.57 Å². The van der Waals surface area contributed by atoms with Gasteiger partial charge >= 0.3 is 5.97 Å². The second-order valence-corrected chi connectivity index (χ2v) is 3.91. The predicted molar refractivity (Wildman–Crippen MR) is 70.9 cm³/mol. The number of hydrogen-bond donors (Lipinski definition) is 0. The van der Waals surface area contributed by atoms with E-state index < -0.39 is 5.97 Å². The second-order valence-electron chi connectivity index (χ2n) is 3.91. The molecule has 1 aromatic rings. The minimum atomic E-state index is -0.810. The van der Waals surface area contributed by atoms with Crippen LogP contribution in [0.3, 0.4) is 0 Å². The number of rotatable bonds is 3. The Hall–Kier alpha value is -2.79. The summed E-state index contributed by atoms with van der Waals surface area (Å²) in [4.78, 5) is 13.3. The highest BCUT2D eigenvalue weighted by molar-refractivity contribution is 6.04. The topological polar surface area (TPSA) is 77.1 Å². The Balaban J connectivity index is 3.32. The molecule has 0 aliphatic carbocycles. The fourth-order valence-electron chi connectivity index (χ4n) is 1.50. The lowest BCUT2D eigenvalue weighted by molar-refractivity contribution is -0.135. The molecule has 0 radical (unpaired) electrons. The fraction of sp³-hybridized carbons (Fsp3) is 0.214. The molecule has 0 heterocycles. The molecule has 0 amide bonds. The van der Waals surface area contributed by atoms with Crippen molar-refractivity contribution in [2.24, 2.45) is 0 Å². The van der Waals surface area contributed by atoms with Crippen LogP contribution in [0, 0.1) is 22.7 Å². The highest BCUT2D eigenvalue weighted by atomic mass is 16.5. The van der Waals surface area contributed by atoms with Crippen LogP contribution in [0.4, 0.5) is 5.69 Å². The number of nitrogens with zero attached hydrogens (tertiary/aromatic N) is 3. The normalized spacial score (nSPS) is 10.8. The molecule has 0 atom stereocenters. The van der Waals surface area contributed by atoms with Crippen molar-refractivity contribution in [2.75, 3.05) is 26.1 Å². The standard InChI is InChI=1S/C14H13N3O2/c1-17(2)11-6-4-10(5-7-11)12(8-15)13(9-16)14(18)19-3/h4-7H,1-3H3/b13-12-. The summed E-state index contributed by atoms with van der Waals surface area (Å²) >= 11 is 0. The lowest BCUT2D eigenvalue weighted by atomic mass is 10.0. The largest absolute Gasteiger partial charge is 0.465 e. The average molecular weight is 255 g/mol. The summed E-state index contributed by atoms with van der Waals surface area (Å²) in [5, 5.41) is 18.1. The first-order valence-corrected chi connectivity index (χ1v) is 5.45. The van der Waals surface area contributed by atoms with Crippen LogP contribution in [-0.2, 0) is 9.53 Å². The summed E-state index contributed by atoms with van der Waals surface area (Å²) in [6.45, 7) is 0. The molecule has 5 heteroatoms. The zero-order valence-corrected chi connectivity index (χ0v) is 11.0. The first-order valence-electron chi connectivity index (χ1n) is 5.45. The maximum atomic E-state index is 11.4. The predicted octanol–water partition coefficient (Wildman–Crippen LogP) is 1.73. The first kappa shape index (κ1) is 14.3.